The molecule has 0 saturated carbocycles. The molecule has 1 aliphatic carbocycles. The third-order valence-corrected chi connectivity index (χ3v) is 3.49. The van der Waals surface area contributed by atoms with Crippen molar-refractivity contribution in [1.29, 1.82) is 0 Å². The summed E-state index contributed by atoms with van der Waals surface area (Å²) in [7, 11) is 0. The Kier molecular flexibility index (Phi) is 4.50. The molecule has 1 nitrogen and oxygen atoms in total. The lowest BCUT2D eigenvalue weighted by molar-refractivity contribution is -0.112. The SMILES string of the molecule is CC(=O)C=C(C)C=CC1=C(C)CCCC1(C)C. The molecule has 1 rings (SSSR count). The van der Waals surface area contributed by atoms with Crippen molar-refractivity contribution in [1.82, 2.24) is 0 Å². The van der Waals surface area contributed by atoms with Gasteiger partial charge in [0.15, 0.2) is 5.78 Å². The lowest BCUT2D eigenvalue weighted by Gasteiger charge is -2.32. The van der Waals surface area contributed by atoms with Crippen LogP contribution in [0.5, 0.6) is 0 Å². The molecule has 0 spiro atoms. The molecule has 0 saturated heterocycles. The zero-order chi connectivity index (χ0) is 13.1. The van der Waals surface area contributed by atoms with Gasteiger partial charge in [0.05, 0.1) is 0 Å². The number of hydrogen-bond donors (Lipinski definition) is 0. The average Bonchev–Trinajstić information content (AvgIpc) is 2.14. The van der Waals surface area contributed by atoms with Gasteiger partial charge < -0.3 is 0 Å². The van der Waals surface area contributed by atoms with Crippen molar-refractivity contribution >= 4 is 5.78 Å². The summed E-state index contributed by atoms with van der Waals surface area (Å²) in [5.41, 5.74) is 4.24. The van der Waals surface area contributed by atoms with E-state index in [9.17, 15) is 4.79 Å². The molecule has 0 N–H and O–H groups in total. The Labute approximate surface area is 105 Å². The van der Waals surface area contributed by atoms with Crippen molar-refractivity contribution in [2.75, 3.05) is 0 Å². The molecule has 0 aromatic heterocycles. The first kappa shape index (κ1) is 14.0. The van der Waals surface area contributed by atoms with Gasteiger partial charge in [0.2, 0.25) is 0 Å². The van der Waals surface area contributed by atoms with Crippen LogP contribution in [0.4, 0.5) is 0 Å². The lowest BCUT2D eigenvalue weighted by Crippen LogP contribution is -2.19. The van der Waals surface area contributed by atoms with Crippen molar-refractivity contribution < 1.29 is 4.79 Å². The summed E-state index contributed by atoms with van der Waals surface area (Å²) < 4.78 is 0. The Hall–Kier alpha value is -1.11. The molecule has 1 aliphatic rings. The van der Waals surface area contributed by atoms with Gasteiger partial charge in [-0.2, -0.15) is 0 Å². The molecule has 0 radical (unpaired) electrons. The highest BCUT2D eigenvalue weighted by Gasteiger charge is 2.26. The van der Waals surface area contributed by atoms with E-state index in [1.54, 1.807) is 13.0 Å². The highest BCUT2D eigenvalue weighted by Crippen LogP contribution is 2.40. The van der Waals surface area contributed by atoms with Gasteiger partial charge in [-0.15, -0.1) is 0 Å². The van der Waals surface area contributed by atoms with Crippen molar-refractivity contribution in [2.24, 2.45) is 5.41 Å². The van der Waals surface area contributed by atoms with Gasteiger partial charge in [-0.1, -0.05) is 31.6 Å². The highest BCUT2D eigenvalue weighted by atomic mass is 16.1. The number of rotatable bonds is 3. The van der Waals surface area contributed by atoms with Crippen LogP contribution in [0.25, 0.3) is 0 Å². The van der Waals surface area contributed by atoms with E-state index >= 15 is 0 Å². The molecule has 0 heterocycles. The summed E-state index contributed by atoms with van der Waals surface area (Å²) in [5.74, 6) is 0.112. The summed E-state index contributed by atoms with van der Waals surface area (Å²) in [6.45, 7) is 10.4. The maximum Gasteiger partial charge on any atom is 0.152 e. The van der Waals surface area contributed by atoms with Gasteiger partial charge in [-0.25, -0.2) is 0 Å². The molecule has 0 fully saturated rings. The molecular weight excluding hydrogens is 208 g/mol. The van der Waals surface area contributed by atoms with Gasteiger partial charge in [0.1, 0.15) is 0 Å². The molecule has 0 aromatic rings. The first-order valence-corrected chi connectivity index (χ1v) is 6.40. The Bertz CT molecular complexity index is 392. The summed E-state index contributed by atoms with van der Waals surface area (Å²) >= 11 is 0. The number of hydrogen-bond acceptors (Lipinski definition) is 1. The fourth-order valence-electron chi connectivity index (χ4n) is 2.59. The standard InChI is InChI=1S/C16H24O/c1-12(11-14(3)17)8-9-15-13(2)7-6-10-16(15,4)5/h8-9,11H,6-7,10H2,1-5H3. The maximum absolute atomic E-state index is 11.0. The van der Waals surface area contributed by atoms with Crippen LogP contribution in [0, 0.1) is 5.41 Å². The Morgan fingerprint density at radius 2 is 1.94 bits per heavy atom. The highest BCUT2D eigenvalue weighted by molar-refractivity contribution is 5.88. The first-order chi connectivity index (χ1) is 7.83. The molecule has 0 bridgehead atoms. The second kappa shape index (κ2) is 5.48. The van der Waals surface area contributed by atoms with E-state index in [4.69, 9.17) is 0 Å². The zero-order valence-electron chi connectivity index (χ0n) is 11.8. The van der Waals surface area contributed by atoms with Gasteiger partial charge in [0, 0.05) is 0 Å². The smallest absolute Gasteiger partial charge is 0.152 e. The van der Waals surface area contributed by atoms with E-state index in [0.717, 1.165) is 5.57 Å². The molecule has 1 heteroatoms. The van der Waals surface area contributed by atoms with E-state index in [0.29, 0.717) is 0 Å². The van der Waals surface area contributed by atoms with Crippen LogP contribution in [-0.2, 0) is 4.79 Å². The number of carbonyl (C=O) groups is 1. The summed E-state index contributed by atoms with van der Waals surface area (Å²) in [6.07, 6.45) is 9.69. The topological polar surface area (TPSA) is 17.1 Å². The minimum absolute atomic E-state index is 0.112. The second-order valence-electron chi connectivity index (χ2n) is 5.76. The molecule has 0 atom stereocenters. The van der Waals surface area contributed by atoms with Crippen molar-refractivity contribution in [3.63, 3.8) is 0 Å². The fourth-order valence-corrected chi connectivity index (χ4v) is 2.59. The Morgan fingerprint density at radius 3 is 2.47 bits per heavy atom. The van der Waals surface area contributed by atoms with Crippen LogP contribution in [0.1, 0.15) is 53.9 Å². The van der Waals surface area contributed by atoms with E-state index < -0.39 is 0 Å². The van der Waals surface area contributed by atoms with E-state index in [1.807, 2.05) is 6.92 Å². The number of ketones is 1. The minimum atomic E-state index is 0.112. The normalized spacial score (nSPS) is 21.1. The van der Waals surface area contributed by atoms with Gasteiger partial charge in [-0.05, 0) is 62.7 Å². The third-order valence-electron chi connectivity index (χ3n) is 3.49. The summed E-state index contributed by atoms with van der Waals surface area (Å²) in [4.78, 5) is 11.0. The van der Waals surface area contributed by atoms with E-state index in [-0.39, 0.29) is 11.2 Å². The van der Waals surface area contributed by atoms with Crippen molar-refractivity contribution in [3.8, 4) is 0 Å². The van der Waals surface area contributed by atoms with Crippen LogP contribution in [0.2, 0.25) is 0 Å². The van der Waals surface area contributed by atoms with Crippen molar-refractivity contribution in [3.05, 3.63) is 34.9 Å². The van der Waals surface area contributed by atoms with Crippen LogP contribution >= 0.6 is 0 Å². The number of allylic oxidation sites excluding steroid dienone is 6. The zero-order valence-corrected chi connectivity index (χ0v) is 11.8. The molecule has 94 valence electrons. The number of carbonyl (C=O) groups excluding carboxylic acids is 1. The Balaban J connectivity index is 2.93. The molecule has 17 heavy (non-hydrogen) atoms. The molecule has 0 unspecified atom stereocenters. The quantitative estimate of drug-likeness (QED) is 0.513. The van der Waals surface area contributed by atoms with E-state index in [1.165, 1.54) is 30.4 Å². The first-order valence-electron chi connectivity index (χ1n) is 6.40. The second-order valence-corrected chi connectivity index (χ2v) is 5.76. The molecule has 0 aromatic carbocycles. The minimum Gasteiger partial charge on any atom is -0.295 e. The maximum atomic E-state index is 11.0. The molecule has 0 amide bonds. The van der Waals surface area contributed by atoms with Crippen LogP contribution < -0.4 is 0 Å². The molecule has 0 aliphatic heterocycles. The predicted octanol–water partition coefficient (Wildman–Crippen LogP) is 4.60. The monoisotopic (exact) mass is 232 g/mol. The average molecular weight is 232 g/mol. The summed E-state index contributed by atoms with van der Waals surface area (Å²) in [6, 6.07) is 0. The largest absolute Gasteiger partial charge is 0.295 e. The lowest BCUT2D eigenvalue weighted by atomic mass is 9.72. The predicted molar refractivity (Wildman–Crippen MR) is 73.9 cm³/mol. The van der Waals surface area contributed by atoms with Gasteiger partial charge in [0.25, 0.3) is 0 Å². The Morgan fingerprint density at radius 1 is 1.29 bits per heavy atom. The van der Waals surface area contributed by atoms with Crippen LogP contribution in [0.3, 0.4) is 0 Å². The summed E-state index contributed by atoms with van der Waals surface area (Å²) in [5, 5.41) is 0. The third kappa shape index (κ3) is 3.99. The van der Waals surface area contributed by atoms with Crippen LogP contribution in [0.15, 0.2) is 34.9 Å². The van der Waals surface area contributed by atoms with Gasteiger partial charge in [-0.3, -0.25) is 4.79 Å². The fraction of sp³-hybridized carbons (Fsp3) is 0.562. The molecular formula is C16H24O. The van der Waals surface area contributed by atoms with E-state index in [2.05, 4.69) is 32.9 Å². The van der Waals surface area contributed by atoms with Crippen molar-refractivity contribution in [2.45, 2.75) is 53.9 Å². The van der Waals surface area contributed by atoms with Crippen LogP contribution in [-0.4, -0.2) is 5.78 Å². The van der Waals surface area contributed by atoms with Gasteiger partial charge >= 0.3 is 0 Å².